The molecule has 2 atom stereocenters. The predicted octanol–water partition coefficient (Wildman–Crippen LogP) is 1.72. The summed E-state index contributed by atoms with van der Waals surface area (Å²) in [4.78, 5) is 28.6. The van der Waals surface area contributed by atoms with Crippen LogP contribution in [-0.4, -0.2) is 44.0 Å². The van der Waals surface area contributed by atoms with Gasteiger partial charge in [0.05, 0.1) is 16.0 Å². The van der Waals surface area contributed by atoms with Gasteiger partial charge in [-0.25, -0.2) is 4.79 Å². The maximum Gasteiger partial charge on any atom is 0.327 e. The van der Waals surface area contributed by atoms with Crippen molar-refractivity contribution in [2.75, 3.05) is 5.75 Å². The molecule has 0 aromatic carbocycles. The summed E-state index contributed by atoms with van der Waals surface area (Å²) in [5.41, 5.74) is 0.236. The van der Waals surface area contributed by atoms with E-state index >= 15 is 0 Å². The Morgan fingerprint density at radius 3 is 2.94 bits per heavy atom. The third kappa shape index (κ3) is 2.30. The summed E-state index contributed by atoms with van der Waals surface area (Å²) >= 11 is 7.36. The van der Waals surface area contributed by atoms with Gasteiger partial charge in [0, 0.05) is 18.1 Å². The zero-order valence-corrected chi connectivity index (χ0v) is 11.1. The molecule has 2 rings (SSSR count). The van der Waals surface area contributed by atoms with Crippen molar-refractivity contribution < 1.29 is 14.7 Å². The Hall–Kier alpha value is -1.27. The lowest BCUT2D eigenvalue weighted by Gasteiger charge is -2.25. The van der Waals surface area contributed by atoms with E-state index in [1.165, 1.54) is 35.1 Å². The fraction of sp³-hybridized carbons (Fsp3) is 0.364. The molecular formula is C11H11ClN2O3S. The number of hydrogen-bond acceptors (Lipinski definition) is 4. The summed E-state index contributed by atoms with van der Waals surface area (Å²) in [6.07, 6.45) is 2.84. The topological polar surface area (TPSA) is 70.5 Å². The van der Waals surface area contributed by atoms with E-state index in [0.29, 0.717) is 5.75 Å². The molecule has 2 heterocycles. The molecule has 0 bridgehead atoms. The fourth-order valence-electron chi connectivity index (χ4n) is 1.82. The highest BCUT2D eigenvalue weighted by molar-refractivity contribution is 8.00. The Labute approximate surface area is 113 Å². The third-order valence-corrected chi connectivity index (χ3v) is 4.29. The van der Waals surface area contributed by atoms with Crippen molar-refractivity contribution in [3.8, 4) is 0 Å². The number of thioether (sulfide) groups is 1. The molecule has 1 fully saturated rings. The van der Waals surface area contributed by atoms with Crippen LogP contribution in [0.15, 0.2) is 18.5 Å². The number of aliphatic carboxylic acids is 1. The number of carboxylic acid groups (broad SMARTS) is 1. The van der Waals surface area contributed by atoms with Crippen LogP contribution in [0.1, 0.15) is 17.3 Å². The fourth-order valence-corrected chi connectivity index (χ4v) is 3.17. The van der Waals surface area contributed by atoms with Gasteiger partial charge in [-0.3, -0.25) is 9.78 Å². The van der Waals surface area contributed by atoms with E-state index in [-0.39, 0.29) is 16.0 Å². The van der Waals surface area contributed by atoms with Crippen LogP contribution in [0.25, 0.3) is 0 Å². The van der Waals surface area contributed by atoms with Crippen molar-refractivity contribution in [1.82, 2.24) is 9.88 Å². The van der Waals surface area contributed by atoms with Crippen LogP contribution in [0.4, 0.5) is 0 Å². The normalized spacial score (nSPS) is 23.1. The Balaban J connectivity index is 2.33. The molecule has 18 heavy (non-hydrogen) atoms. The molecule has 7 heteroatoms. The van der Waals surface area contributed by atoms with Gasteiger partial charge in [-0.15, -0.1) is 11.8 Å². The zero-order valence-electron chi connectivity index (χ0n) is 9.54. The quantitative estimate of drug-likeness (QED) is 0.896. The van der Waals surface area contributed by atoms with Crippen LogP contribution in [0.5, 0.6) is 0 Å². The van der Waals surface area contributed by atoms with Crippen LogP contribution >= 0.6 is 23.4 Å². The Morgan fingerprint density at radius 2 is 2.33 bits per heavy atom. The largest absolute Gasteiger partial charge is 0.480 e. The molecule has 5 nitrogen and oxygen atoms in total. The van der Waals surface area contributed by atoms with Crippen molar-refractivity contribution in [2.24, 2.45) is 0 Å². The predicted molar refractivity (Wildman–Crippen MR) is 68.8 cm³/mol. The van der Waals surface area contributed by atoms with Crippen molar-refractivity contribution in [1.29, 1.82) is 0 Å². The molecule has 2 unspecified atom stereocenters. The van der Waals surface area contributed by atoms with Gasteiger partial charge in [-0.05, 0) is 13.0 Å². The number of halogens is 1. The van der Waals surface area contributed by atoms with Crippen LogP contribution in [0.2, 0.25) is 5.02 Å². The van der Waals surface area contributed by atoms with E-state index in [4.69, 9.17) is 16.7 Å². The highest BCUT2D eigenvalue weighted by atomic mass is 35.5. The number of carbonyl (C=O) groups excluding carboxylic acids is 1. The van der Waals surface area contributed by atoms with Crippen LogP contribution < -0.4 is 0 Å². The number of pyridine rings is 1. The molecule has 1 saturated heterocycles. The number of nitrogens with zero attached hydrogens (tertiary/aromatic N) is 2. The van der Waals surface area contributed by atoms with E-state index in [9.17, 15) is 9.59 Å². The van der Waals surface area contributed by atoms with E-state index in [1.54, 1.807) is 6.92 Å². The van der Waals surface area contributed by atoms with E-state index in [2.05, 4.69) is 4.98 Å². The van der Waals surface area contributed by atoms with Gasteiger partial charge in [-0.1, -0.05) is 11.6 Å². The lowest BCUT2D eigenvalue weighted by molar-refractivity contribution is -0.141. The molecule has 1 aromatic heterocycles. The number of carbonyl (C=O) groups is 2. The molecule has 96 valence electrons. The van der Waals surface area contributed by atoms with Gasteiger partial charge >= 0.3 is 5.97 Å². The van der Waals surface area contributed by atoms with Gasteiger partial charge in [0.25, 0.3) is 5.91 Å². The van der Waals surface area contributed by atoms with Crippen LogP contribution in [0.3, 0.4) is 0 Å². The number of hydrogen-bond donors (Lipinski definition) is 1. The van der Waals surface area contributed by atoms with E-state index in [0.717, 1.165) is 0 Å². The molecule has 1 amide bonds. The van der Waals surface area contributed by atoms with E-state index in [1.807, 2.05) is 0 Å². The molecule has 0 saturated carbocycles. The van der Waals surface area contributed by atoms with Gasteiger partial charge < -0.3 is 10.0 Å². The minimum atomic E-state index is -1.000. The lowest BCUT2D eigenvalue weighted by atomic mass is 10.2. The van der Waals surface area contributed by atoms with Crippen molar-refractivity contribution >= 4 is 35.2 Å². The van der Waals surface area contributed by atoms with E-state index < -0.39 is 17.9 Å². The number of amides is 1. The Morgan fingerprint density at radius 1 is 1.61 bits per heavy atom. The summed E-state index contributed by atoms with van der Waals surface area (Å²) in [7, 11) is 0. The van der Waals surface area contributed by atoms with Gasteiger partial charge in [0.1, 0.15) is 6.04 Å². The second kappa shape index (κ2) is 5.16. The monoisotopic (exact) mass is 286 g/mol. The summed E-state index contributed by atoms with van der Waals surface area (Å²) in [5.74, 6) is -1.00. The molecule has 1 aliphatic rings. The third-order valence-electron chi connectivity index (χ3n) is 2.74. The minimum absolute atomic E-state index is 0.185. The minimum Gasteiger partial charge on any atom is -0.480 e. The van der Waals surface area contributed by atoms with Crippen molar-refractivity contribution in [3.63, 3.8) is 0 Å². The Kier molecular flexibility index (Phi) is 3.77. The Bertz CT molecular complexity index is 497. The first-order valence-electron chi connectivity index (χ1n) is 5.29. The molecule has 0 radical (unpaired) electrons. The van der Waals surface area contributed by atoms with Crippen molar-refractivity contribution in [2.45, 2.75) is 18.3 Å². The second-order valence-corrected chi connectivity index (χ2v) is 5.61. The maximum atomic E-state index is 12.3. The number of rotatable bonds is 2. The summed E-state index contributed by atoms with van der Waals surface area (Å²) < 4.78 is 0. The van der Waals surface area contributed by atoms with Gasteiger partial charge in [-0.2, -0.15) is 0 Å². The van der Waals surface area contributed by atoms with Gasteiger partial charge in [0.15, 0.2) is 0 Å². The average molecular weight is 287 g/mol. The van der Waals surface area contributed by atoms with Crippen LogP contribution in [-0.2, 0) is 4.79 Å². The molecular weight excluding hydrogens is 276 g/mol. The highest BCUT2D eigenvalue weighted by Crippen LogP contribution is 2.31. The lowest BCUT2D eigenvalue weighted by Crippen LogP contribution is -2.44. The first-order valence-corrected chi connectivity index (χ1v) is 6.71. The number of carboxylic acids is 1. The second-order valence-electron chi connectivity index (χ2n) is 3.85. The van der Waals surface area contributed by atoms with Gasteiger partial charge in [0.2, 0.25) is 0 Å². The summed E-state index contributed by atoms with van der Waals surface area (Å²) in [6.45, 7) is 1.80. The SMILES string of the molecule is CC1SCC(C(=O)O)N1C(=O)c1cnccc1Cl. The molecule has 0 spiro atoms. The highest BCUT2D eigenvalue weighted by Gasteiger charge is 2.40. The molecule has 1 aromatic rings. The molecule has 0 aliphatic carbocycles. The molecule has 1 aliphatic heterocycles. The zero-order chi connectivity index (χ0) is 13.3. The number of aromatic nitrogens is 1. The smallest absolute Gasteiger partial charge is 0.327 e. The standard InChI is InChI=1S/C11H11ClN2O3S/c1-6-14(9(5-18-6)11(16)17)10(15)7-4-13-3-2-8(7)12/h2-4,6,9H,5H2,1H3,(H,16,17). The molecule has 1 N–H and O–H groups in total. The summed E-state index contributed by atoms with van der Waals surface area (Å²) in [6, 6.07) is 0.701. The van der Waals surface area contributed by atoms with Crippen LogP contribution in [0, 0.1) is 0 Å². The van der Waals surface area contributed by atoms with Crippen molar-refractivity contribution in [3.05, 3.63) is 29.0 Å². The maximum absolute atomic E-state index is 12.3. The first kappa shape index (κ1) is 13.2. The average Bonchev–Trinajstić information content (AvgIpc) is 2.71. The first-order chi connectivity index (χ1) is 8.52. The summed E-state index contributed by atoms with van der Waals surface area (Å²) in [5, 5.41) is 9.21.